The zero-order chi connectivity index (χ0) is 17.2. The van der Waals surface area contributed by atoms with E-state index in [0.717, 1.165) is 6.42 Å². The van der Waals surface area contributed by atoms with E-state index in [9.17, 15) is 14.7 Å². The number of para-hydroxylation sites is 2. The van der Waals surface area contributed by atoms with Gasteiger partial charge >= 0.3 is 0 Å². The molecule has 2 heterocycles. The van der Waals surface area contributed by atoms with Crippen molar-refractivity contribution in [1.29, 1.82) is 0 Å². The lowest BCUT2D eigenvalue weighted by Crippen LogP contribution is -2.39. The molecule has 2 aromatic carbocycles. The number of rotatable bonds is 1. The summed E-state index contributed by atoms with van der Waals surface area (Å²) in [5.41, 5.74) is -0.0177. The number of Topliss-reactive ketones (excluding diaryl/α,β-unsaturated/α-hetero) is 1. The summed E-state index contributed by atoms with van der Waals surface area (Å²) in [6, 6.07) is 14.3. The molecule has 0 spiro atoms. The van der Waals surface area contributed by atoms with Gasteiger partial charge in [0, 0.05) is 12.0 Å². The van der Waals surface area contributed by atoms with Crippen LogP contribution in [0.1, 0.15) is 30.7 Å². The third kappa shape index (κ3) is 1.73. The number of hydrogen-bond donors (Lipinski definition) is 1. The second-order valence-corrected chi connectivity index (χ2v) is 6.79. The molecule has 3 aromatic rings. The predicted molar refractivity (Wildman–Crippen MR) is 92.7 cm³/mol. The third-order valence-corrected chi connectivity index (χ3v) is 5.48. The van der Waals surface area contributed by atoms with E-state index in [4.69, 9.17) is 0 Å². The van der Waals surface area contributed by atoms with Crippen molar-refractivity contribution in [3.8, 4) is 5.69 Å². The molecule has 0 radical (unpaired) electrons. The molecule has 2 aliphatic rings. The maximum absolute atomic E-state index is 13.1. The Balaban J connectivity index is 1.93. The molecular formula is C20H16N2O3. The summed E-state index contributed by atoms with van der Waals surface area (Å²) in [6.07, 6.45) is 1.82. The Hall–Kier alpha value is -2.79. The lowest BCUT2D eigenvalue weighted by molar-refractivity contribution is -0.127. The summed E-state index contributed by atoms with van der Waals surface area (Å²) in [5, 5.41) is 12.2. The molecule has 1 aliphatic heterocycles. The lowest BCUT2D eigenvalue weighted by Gasteiger charge is -2.29. The van der Waals surface area contributed by atoms with E-state index in [0.29, 0.717) is 35.0 Å². The molecule has 124 valence electrons. The molecule has 0 saturated heterocycles. The van der Waals surface area contributed by atoms with Crippen molar-refractivity contribution in [2.24, 2.45) is 5.92 Å². The summed E-state index contributed by atoms with van der Waals surface area (Å²) < 4.78 is 1.48. The number of carbonyl (C=O) groups excluding carboxylic acids is 1. The van der Waals surface area contributed by atoms with Gasteiger partial charge in [-0.1, -0.05) is 30.3 Å². The van der Waals surface area contributed by atoms with Gasteiger partial charge < -0.3 is 5.11 Å². The van der Waals surface area contributed by atoms with Gasteiger partial charge in [0.25, 0.3) is 5.56 Å². The summed E-state index contributed by atoms with van der Waals surface area (Å²) in [6.45, 7) is 0. The summed E-state index contributed by atoms with van der Waals surface area (Å²) in [7, 11) is 0. The minimum absolute atomic E-state index is 0.0353. The van der Waals surface area contributed by atoms with Crippen molar-refractivity contribution < 1.29 is 9.90 Å². The van der Waals surface area contributed by atoms with Gasteiger partial charge in [-0.3, -0.25) is 14.2 Å². The molecule has 1 fully saturated rings. The molecule has 5 heteroatoms. The Morgan fingerprint density at radius 3 is 2.64 bits per heavy atom. The standard InChI is InChI=1S/C20H16N2O3/c23-17-11-5-8-14(17)20(25)13-7-2-4-10-16(13)22-18(24)12-6-1-3-9-15(12)21-19(20)22/h1-4,6-7,9-10,14,25H,5,8,11H2/t14-,20-/m1/s1. The Bertz CT molecular complexity index is 1100. The van der Waals surface area contributed by atoms with Crippen molar-refractivity contribution in [2.45, 2.75) is 24.9 Å². The SMILES string of the molecule is O=C1CCC[C@H]1[C@]1(O)c2ccccc2-n2c1nc1ccccc1c2=O. The van der Waals surface area contributed by atoms with Crippen LogP contribution in [-0.4, -0.2) is 20.4 Å². The summed E-state index contributed by atoms with van der Waals surface area (Å²) in [5.74, 6) is -0.263. The molecule has 0 bridgehead atoms. The van der Waals surface area contributed by atoms with E-state index in [1.165, 1.54) is 4.57 Å². The molecule has 0 unspecified atom stereocenters. The Morgan fingerprint density at radius 2 is 1.84 bits per heavy atom. The first-order valence-electron chi connectivity index (χ1n) is 8.49. The average Bonchev–Trinajstić information content (AvgIpc) is 3.17. The highest BCUT2D eigenvalue weighted by molar-refractivity contribution is 5.86. The second-order valence-electron chi connectivity index (χ2n) is 6.79. The Labute approximate surface area is 143 Å². The van der Waals surface area contributed by atoms with Crippen LogP contribution in [0.3, 0.4) is 0 Å². The van der Waals surface area contributed by atoms with Crippen LogP contribution in [0.4, 0.5) is 0 Å². The topological polar surface area (TPSA) is 72.2 Å². The minimum atomic E-state index is -1.55. The maximum Gasteiger partial charge on any atom is 0.266 e. The monoisotopic (exact) mass is 332 g/mol. The summed E-state index contributed by atoms with van der Waals surface area (Å²) in [4.78, 5) is 30.2. The molecule has 1 aliphatic carbocycles. The largest absolute Gasteiger partial charge is 0.376 e. The molecule has 1 N–H and O–H groups in total. The molecule has 1 saturated carbocycles. The van der Waals surface area contributed by atoms with Crippen LogP contribution in [0.15, 0.2) is 53.3 Å². The van der Waals surface area contributed by atoms with E-state index in [2.05, 4.69) is 4.98 Å². The highest BCUT2D eigenvalue weighted by Crippen LogP contribution is 2.48. The second kappa shape index (κ2) is 4.86. The van der Waals surface area contributed by atoms with Crippen molar-refractivity contribution in [2.75, 3.05) is 0 Å². The van der Waals surface area contributed by atoms with Crippen LogP contribution in [-0.2, 0) is 10.4 Å². The Kier molecular flexibility index (Phi) is 2.83. The first-order chi connectivity index (χ1) is 12.1. The smallest absolute Gasteiger partial charge is 0.266 e. The lowest BCUT2D eigenvalue weighted by atomic mass is 9.80. The van der Waals surface area contributed by atoms with Gasteiger partial charge in [0.2, 0.25) is 0 Å². The molecular weight excluding hydrogens is 316 g/mol. The van der Waals surface area contributed by atoms with E-state index in [-0.39, 0.29) is 17.2 Å². The van der Waals surface area contributed by atoms with Gasteiger partial charge in [0.1, 0.15) is 5.78 Å². The van der Waals surface area contributed by atoms with E-state index >= 15 is 0 Å². The fourth-order valence-corrected chi connectivity index (χ4v) is 4.32. The minimum Gasteiger partial charge on any atom is -0.376 e. The number of ketones is 1. The van der Waals surface area contributed by atoms with Crippen LogP contribution in [0.2, 0.25) is 0 Å². The van der Waals surface area contributed by atoms with Gasteiger partial charge in [-0.2, -0.15) is 0 Å². The molecule has 25 heavy (non-hydrogen) atoms. The van der Waals surface area contributed by atoms with Crippen LogP contribution < -0.4 is 5.56 Å². The maximum atomic E-state index is 13.1. The molecule has 5 rings (SSSR count). The van der Waals surface area contributed by atoms with Gasteiger partial charge in [-0.15, -0.1) is 0 Å². The number of aliphatic hydroxyl groups is 1. The zero-order valence-corrected chi connectivity index (χ0v) is 13.5. The predicted octanol–water partition coefficient (Wildman–Crippen LogP) is 2.30. The highest BCUT2D eigenvalue weighted by Gasteiger charge is 2.53. The van der Waals surface area contributed by atoms with E-state index < -0.39 is 11.5 Å². The van der Waals surface area contributed by atoms with Crippen LogP contribution >= 0.6 is 0 Å². The fraction of sp³-hybridized carbons (Fsp3) is 0.250. The van der Waals surface area contributed by atoms with Crippen molar-refractivity contribution in [1.82, 2.24) is 9.55 Å². The van der Waals surface area contributed by atoms with Crippen molar-refractivity contribution in [3.05, 3.63) is 70.3 Å². The number of carbonyl (C=O) groups is 1. The molecule has 1 aromatic heterocycles. The number of aromatic nitrogens is 2. The molecule has 0 amide bonds. The van der Waals surface area contributed by atoms with Crippen molar-refractivity contribution >= 4 is 16.7 Å². The Morgan fingerprint density at radius 1 is 1.08 bits per heavy atom. The van der Waals surface area contributed by atoms with E-state index in [1.807, 2.05) is 18.2 Å². The average molecular weight is 332 g/mol. The number of fused-ring (bicyclic) bond motifs is 4. The summed E-state index contributed by atoms with van der Waals surface area (Å²) >= 11 is 0. The number of benzene rings is 2. The van der Waals surface area contributed by atoms with Crippen LogP contribution in [0.25, 0.3) is 16.6 Å². The zero-order valence-electron chi connectivity index (χ0n) is 13.5. The van der Waals surface area contributed by atoms with Crippen LogP contribution in [0.5, 0.6) is 0 Å². The van der Waals surface area contributed by atoms with Crippen LogP contribution in [0, 0.1) is 5.92 Å². The normalized spacial score (nSPS) is 24.5. The number of nitrogens with zero attached hydrogens (tertiary/aromatic N) is 2. The first kappa shape index (κ1) is 14.5. The molecule has 5 nitrogen and oxygen atoms in total. The molecule has 2 atom stereocenters. The van der Waals surface area contributed by atoms with Gasteiger partial charge in [-0.25, -0.2) is 4.98 Å². The highest BCUT2D eigenvalue weighted by atomic mass is 16.3. The fourth-order valence-electron chi connectivity index (χ4n) is 4.32. The number of hydrogen-bond acceptors (Lipinski definition) is 4. The third-order valence-electron chi connectivity index (χ3n) is 5.48. The van der Waals surface area contributed by atoms with E-state index in [1.54, 1.807) is 30.3 Å². The van der Waals surface area contributed by atoms with Gasteiger partial charge in [0.05, 0.1) is 22.5 Å². The van der Waals surface area contributed by atoms with Crippen molar-refractivity contribution in [3.63, 3.8) is 0 Å². The quantitative estimate of drug-likeness (QED) is 0.742. The first-order valence-corrected chi connectivity index (χ1v) is 8.49. The van der Waals surface area contributed by atoms with Gasteiger partial charge in [0.15, 0.2) is 11.4 Å². The van der Waals surface area contributed by atoms with Gasteiger partial charge in [-0.05, 0) is 31.0 Å².